The molecular formula is C22H17N3O4. The molecule has 3 aromatic rings. The minimum absolute atomic E-state index is 0.208. The predicted octanol–water partition coefficient (Wildman–Crippen LogP) is 3.50. The molecule has 144 valence electrons. The van der Waals surface area contributed by atoms with Crippen LogP contribution in [0.2, 0.25) is 0 Å². The van der Waals surface area contributed by atoms with Crippen molar-refractivity contribution in [2.24, 2.45) is 0 Å². The van der Waals surface area contributed by atoms with Gasteiger partial charge in [0.05, 0.1) is 11.1 Å². The smallest absolute Gasteiger partial charge is 0.263 e. The highest BCUT2D eigenvalue weighted by Gasteiger charge is 2.40. The molecule has 29 heavy (non-hydrogen) atoms. The van der Waals surface area contributed by atoms with E-state index in [-0.39, 0.29) is 11.1 Å². The fourth-order valence-electron chi connectivity index (χ4n) is 3.05. The predicted molar refractivity (Wildman–Crippen MR) is 106 cm³/mol. The van der Waals surface area contributed by atoms with Crippen molar-refractivity contribution in [2.45, 2.75) is 13.0 Å². The summed E-state index contributed by atoms with van der Waals surface area (Å²) < 4.78 is 5.71. The standard InChI is InChI=1S/C22H17N3O4/c1-14(25-21(27)18-11-12-23-13-19(18)22(25)28)20(26)24-15-7-9-17(10-8-15)29-16-5-3-2-4-6-16/h2-14H,1H3,(H,24,26). The van der Waals surface area contributed by atoms with Gasteiger partial charge in [-0.2, -0.15) is 0 Å². The largest absolute Gasteiger partial charge is 0.457 e. The zero-order valence-electron chi connectivity index (χ0n) is 15.5. The third-order valence-electron chi connectivity index (χ3n) is 4.59. The number of nitrogens with zero attached hydrogens (tertiary/aromatic N) is 2. The summed E-state index contributed by atoms with van der Waals surface area (Å²) in [6, 6.07) is 16.7. The van der Waals surface area contributed by atoms with E-state index in [1.807, 2.05) is 30.3 Å². The zero-order valence-corrected chi connectivity index (χ0v) is 15.5. The molecule has 0 fully saturated rings. The number of hydrogen-bond acceptors (Lipinski definition) is 5. The van der Waals surface area contributed by atoms with Gasteiger partial charge in [0.1, 0.15) is 17.5 Å². The van der Waals surface area contributed by atoms with Crippen molar-refractivity contribution in [3.8, 4) is 11.5 Å². The highest BCUT2D eigenvalue weighted by atomic mass is 16.5. The minimum Gasteiger partial charge on any atom is -0.457 e. The average molecular weight is 387 g/mol. The van der Waals surface area contributed by atoms with E-state index in [0.29, 0.717) is 17.2 Å². The number of nitrogens with one attached hydrogen (secondary N) is 1. The molecule has 1 aliphatic rings. The van der Waals surface area contributed by atoms with Crippen LogP contribution in [0.4, 0.5) is 5.69 Å². The van der Waals surface area contributed by atoms with Crippen molar-refractivity contribution < 1.29 is 19.1 Å². The van der Waals surface area contributed by atoms with Crippen LogP contribution < -0.4 is 10.1 Å². The van der Waals surface area contributed by atoms with Crippen LogP contribution in [0.15, 0.2) is 73.1 Å². The van der Waals surface area contributed by atoms with Crippen LogP contribution in [0.5, 0.6) is 11.5 Å². The fraction of sp³-hybridized carbons (Fsp3) is 0.0909. The lowest BCUT2D eigenvalue weighted by Crippen LogP contribution is -2.45. The summed E-state index contributed by atoms with van der Waals surface area (Å²) in [5, 5.41) is 2.72. The number of benzene rings is 2. The first-order valence-electron chi connectivity index (χ1n) is 9.00. The van der Waals surface area contributed by atoms with Crippen LogP contribution in [-0.2, 0) is 4.79 Å². The number of imide groups is 1. The summed E-state index contributed by atoms with van der Waals surface area (Å²) in [6.07, 6.45) is 2.78. The Kier molecular flexibility index (Phi) is 4.78. The lowest BCUT2D eigenvalue weighted by atomic mass is 10.2. The molecule has 1 N–H and O–H groups in total. The summed E-state index contributed by atoms with van der Waals surface area (Å²) in [5.41, 5.74) is 0.993. The monoisotopic (exact) mass is 387 g/mol. The highest BCUT2D eigenvalue weighted by molar-refractivity contribution is 6.23. The topological polar surface area (TPSA) is 88.6 Å². The highest BCUT2D eigenvalue weighted by Crippen LogP contribution is 2.25. The first-order valence-corrected chi connectivity index (χ1v) is 9.00. The summed E-state index contributed by atoms with van der Waals surface area (Å²) in [6.45, 7) is 1.51. The average Bonchev–Trinajstić information content (AvgIpc) is 3.00. The van der Waals surface area contributed by atoms with E-state index >= 15 is 0 Å². The Labute approximate surface area is 166 Å². The Hall–Kier alpha value is -4.00. The number of carbonyl (C=O) groups is 3. The number of amides is 3. The van der Waals surface area contributed by atoms with E-state index in [1.165, 1.54) is 25.4 Å². The van der Waals surface area contributed by atoms with Gasteiger partial charge in [-0.3, -0.25) is 24.3 Å². The van der Waals surface area contributed by atoms with E-state index in [9.17, 15) is 14.4 Å². The first-order chi connectivity index (χ1) is 14.0. The third-order valence-corrected chi connectivity index (χ3v) is 4.59. The van der Waals surface area contributed by atoms with Crippen molar-refractivity contribution in [3.63, 3.8) is 0 Å². The molecule has 2 heterocycles. The van der Waals surface area contributed by atoms with Crippen LogP contribution in [0.25, 0.3) is 0 Å². The minimum atomic E-state index is -0.970. The quantitative estimate of drug-likeness (QED) is 0.677. The van der Waals surface area contributed by atoms with Crippen molar-refractivity contribution in [1.29, 1.82) is 0 Å². The summed E-state index contributed by atoms with van der Waals surface area (Å²) in [5.74, 6) is -0.161. The van der Waals surface area contributed by atoms with Gasteiger partial charge in [-0.25, -0.2) is 0 Å². The SMILES string of the molecule is CC(C(=O)Nc1ccc(Oc2ccccc2)cc1)N1C(=O)c2ccncc2C1=O. The van der Waals surface area contributed by atoms with Crippen LogP contribution in [-0.4, -0.2) is 33.6 Å². The van der Waals surface area contributed by atoms with Crippen molar-refractivity contribution in [3.05, 3.63) is 84.2 Å². The molecule has 1 atom stereocenters. The number of fused-ring (bicyclic) bond motifs is 1. The second-order valence-corrected chi connectivity index (χ2v) is 6.51. The van der Waals surface area contributed by atoms with Crippen LogP contribution in [0, 0.1) is 0 Å². The van der Waals surface area contributed by atoms with Crippen LogP contribution >= 0.6 is 0 Å². The molecule has 0 saturated carbocycles. The van der Waals surface area contributed by atoms with Crippen molar-refractivity contribution in [1.82, 2.24) is 9.88 Å². The Morgan fingerprint density at radius 2 is 1.59 bits per heavy atom. The number of ether oxygens (including phenoxy) is 1. The molecule has 0 saturated heterocycles. The van der Waals surface area contributed by atoms with Gasteiger partial charge in [-0.15, -0.1) is 0 Å². The molecule has 0 aliphatic carbocycles. The second-order valence-electron chi connectivity index (χ2n) is 6.51. The molecule has 1 aliphatic heterocycles. The van der Waals surface area contributed by atoms with E-state index in [0.717, 1.165) is 4.90 Å². The summed E-state index contributed by atoms with van der Waals surface area (Å²) in [4.78, 5) is 42.4. The number of anilines is 1. The van der Waals surface area contributed by atoms with E-state index < -0.39 is 23.8 Å². The molecule has 7 heteroatoms. The first kappa shape index (κ1) is 18.4. The number of rotatable bonds is 5. The van der Waals surface area contributed by atoms with Crippen molar-refractivity contribution >= 4 is 23.4 Å². The van der Waals surface area contributed by atoms with Crippen LogP contribution in [0.3, 0.4) is 0 Å². The van der Waals surface area contributed by atoms with Gasteiger partial charge < -0.3 is 10.1 Å². The Bertz CT molecular complexity index is 1050. The molecule has 1 aromatic heterocycles. The van der Waals surface area contributed by atoms with Gasteiger partial charge in [0, 0.05) is 18.1 Å². The molecule has 1 unspecified atom stereocenters. The number of carbonyl (C=O) groups excluding carboxylic acids is 3. The van der Waals surface area contributed by atoms with Crippen LogP contribution in [0.1, 0.15) is 27.6 Å². The molecule has 4 rings (SSSR count). The van der Waals surface area contributed by atoms with E-state index in [1.54, 1.807) is 24.3 Å². The Morgan fingerprint density at radius 1 is 0.931 bits per heavy atom. The normalized spacial score (nSPS) is 13.8. The van der Waals surface area contributed by atoms with Gasteiger partial charge in [0.2, 0.25) is 5.91 Å². The van der Waals surface area contributed by atoms with E-state index in [2.05, 4.69) is 10.3 Å². The second kappa shape index (κ2) is 7.55. The lowest BCUT2D eigenvalue weighted by molar-refractivity contribution is -0.119. The fourth-order valence-corrected chi connectivity index (χ4v) is 3.05. The maximum Gasteiger partial charge on any atom is 0.263 e. The van der Waals surface area contributed by atoms with Gasteiger partial charge in [-0.05, 0) is 49.4 Å². The van der Waals surface area contributed by atoms with E-state index in [4.69, 9.17) is 4.74 Å². The molecule has 0 bridgehead atoms. The van der Waals surface area contributed by atoms with Gasteiger partial charge in [-0.1, -0.05) is 18.2 Å². The molecule has 2 aromatic carbocycles. The number of hydrogen-bond donors (Lipinski definition) is 1. The molecular weight excluding hydrogens is 370 g/mol. The van der Waals surface area contributed by atoms with Crippen molar-refractivity contribution in [2.75, 3.05) is 5.32 Å². The summed E-state index contributed by atoms with van der Waals surface area (Å²) in [7, 11) is 0. The zero-order chi connectivity index (χ0) is 20.4. The molecule has 3 amide bonds. The third kappa shape index (κ3) is 3.58. The molecule has 7 nitrogen and oxygen atoms in total. The molecule has 0 radical (unpaired) electrons. The molecule has 0 spiro atoms. The van der Waals surface area contributed by atoms with Gasteiger partial charge >= 0.3 is 0 Å². The Balaban J connectivity index is 1.43. The lowest BCUT2D eigenvalue weighted by Gasteiger charge is -2.21. The van der Waals surface area contributed by atoms with Gasteiger partial charge in [0.25, 0.3) is 11.8 Å². The number of para-hydroxylation sites is 1. The van der Waals surface area contributed by atoms with Gasteiger partial charge in [0.15, 0.2) is 0 Å². The number of aromatic nitrogens is 1. The maximum atomic E-state index is 12.6. The summed E-state index contributed by atoms with van der Waals surface area (Å²) >= 11 is 0. The number of pyridine rings is 1. The Morgan fingerprint density at radius 3 is 2.28 bits per heavy atom. The maximum absolute atomic E-state index is 12.6.